The van der Waals surface area contributed by atoms with Crippen molar-refractivity contribution >= 4 is 11.9 Å². The van der Waals surface area contributed by atoms with Crippen LogP contribution in [0.15, 0.2) is 36.5 Å². The third-order valence-electron chi connectivity index (χ3n) is 4.16. The zero-order chi connectivity index (χ0) is 17.6. The number of hydrogen-bond acceptors (Lipinski definition) is 4. The lowest BCUT2D eigenvalue weighted by atomic mass is 10.1. The van der Waals surface area contributed by atoms with E-state index in [9.17, 15) is 9.59 Å². The molecule has 0 saturated carbocycles. The molecule has 1 amide bonds. The number of carbonyl (C=O) groups excluding carboxylic acids is 1. The Balaban J connectivity index is 1.57. The standard InChI is InChI=1S/C18H21N3O4/c22-17(11-15-6-1-2-9-25-15)19-12-13-4-3-5-14(10-13)21-8-7-16(20-21)18(23)24/h3-5,7-8,10,15H,1-2,6,9,11-12H2,(H,19,22)(H,23,24). The molecule has 2 aromatic rings. The molecule has 132 valence electrons. The van der Waals surface area contributed by atoms with Gasteiger partial charge in [0.05, 0.1) is 18.2 Å². The van der Waals surface area contributed by atoms with Crippen LogP contribution in [0, 0.1) is 0 Å². The molecule has 1 aromatic heterocycles. The van der Waals surface area contributed by atoms with Crippen LogP contribution in [0.4, 0.5) is 0 Å². The van der Waals surface area contributed by atoms with Gasteiger partial charge in [-0.1, -0.05) is 12.1 Å². The number of ether oxygens (including phenoxy) is 1. The van der Waals surface area contributed by atoms with Gasteiger partial charge in [0.2, 0.25) is 5.91 Å². The number of rotatable bonds is 6. The SMILES string of the molecule is O=C(CC1CCCCO1)NCc1cccc(-n2ccc(C(=O)O)n2)c1. The largest absolute Gasteiger partial charge is 0.476 e. The molecule has 0 bridgehead atoms. The Morgan fingerprint density at radius 3 is 2.92 bits per heavy atom. The zero-order valence-electron chi connectivity index (χ0n) is 13.9. The van der Waals surface area contributed by atoms with Crippen molar-refractivity contribution in [2.24, 2.45) is 0 Å². The number of carbonyl (C=O) groups is 2. The summed E-state index contributed by atoms with van der Waals surface area (Å²) in [6.45, 7) is 1.15. The number of amides is 1. The number of carboxylic acid groups (broad SMARTS) is 1. The van der Waals surface area contributed by atoms with Crippen molar-refractivity contribution in [1.82, 2.24) is 15.1 Å². The van der Waals surface area contributed by atoms with Crippen molar-refractivity contribution in [3.05, 3.63) is 47.8 Å². The van der Waals surface area contributed by atoms with Gasteiger partial charge in [0.15, 0.2) is 5.69 Å². The average Bonchev–Trinajstić information content (AvgIpc) is 3.12. The van der Waals surface area contributed by atoms with Gasteiger partial charge in [0, 0.05) is 19.3 Å². The number of nitrogens with zero attached hydrogens (tertiary/aromatic N) is 2. The summed E-state index contributed by atoms with van der Waals surface area (Å²) >= 11 is 0. The lowest BCUT2D eigenvalue weighted by molar-refractivity contribution is -0.125. The maximum absolute atomic E-state index is 12.0. The van der Waals surface area contributed by atoms with E-state index in [2.05, 4.69) is 10.4 Å². The highest BCUT2D eigenvalue weighted by Gasteiger charge is 2.17. The van der Waals surface area contributed by atoms with Gasteiger partial charge in [-0.25, -0.2) is 9.48 Å². The molecule has 25 heavy (non-hydrogen) atoms. The number of carboxylic acids is 1. The molecule has 1 saturated heterocycles. The third kappa shape index (κ3) is 4.67. The second-order valence-corrected chi connectivity index (χ2v) is 6.09. The van der Waals surface area contributed by atoms with E-state index < -0.39 is 5.97 Å². The molecule has 0 spiro atoms. The lowest BCUT2D eigenvalue weighted by Crippen LogP contribution is -2.30. The molecule has 1 aliphatic heterocycles. The van der Waals surface area contributed by atoms with Crippen molar-refractivity contribution in [3.63, 3.8) is 0 Å². The van der Waals surface area contributed by atoms with Gasteiger partial charge in [-0.2, -0.15) is 5.10 Å². The molecule has 3 rings (SSSR count). The van der Waals surface area contributed by atoms with E-state index in [1.54, 1.807) is 6.20 Å². The van der Waals surface area contributed by atoms with Crippen LogP contribution in [0.3, 0.4) is 0 Å². The van der Waals surface area contributed by atoms with Gasteiger partial charge in [-0.05, 0) is 43.0 Å². The smallest absolute Gasteiger partial charge is 0.356 e. The molecule has 0 aliphatic carbocycles. The quantitative estimate of drug-likeness (QED) is 0.838. The van der Waals surface area contributed by atoms with Crippen LogP contribution >= 0.6 is 0 Å². The molecule has 1 fully saturated rings. The van der Waals surface area contributed by atoms with E-state index in [4.69, 9.17) is 9.84 Å². The van der Waals surface area contributed by atoms with Crippen LogP contribution in [0.1, 0.15) is 41.7 Å². The van der Waals surface area contributed by atoms with Crippen molar-refractivity contribution in [2.75, 3.05) is 6.61 Å². The first-order valence-corrected chi connectivity index (χ1v) is 8.38. The predicted octanol–water partition coefficient (Wildman–Crippen LogP) is 2.15. The van der Waals surface area contributed by atoms with Crippen molar-refractivity contribution in [3.8, 4) is 5.69 Å². The molecule has 7 heteroatoms. The minimum atomic E-state index is -1.06. The van der Waals surface area contributed by atoms with Gasteiger partial charge in [-0.15, -0.1) is 0 Å². The van der Waals surface area contributed by atoms with Crippen LogP contribution < -0.4 is 5.32 Å². The molecule has 0 radical (unpaired) electrons. The first-order chi connectivity index (χ1) is 12.1. The molecular weight excluding hydrogens is 322 g/mol. The first kappa shape index (κ1) is 17.2. The Kier molecular flexibility index (Phi) is 5.45. The highest BCUT2D eigenvalue weighted by atomic mass is 16.5. The number of aromatic nitrogens is 2. The maximum Gasteiger partial charge on any atom is 0.356 e. The Bertz CT molecular complexity index is 750. The van der Waals surface area contributed by atoms with Crippen molar-refractivity contribution in [1.29, 1.82) is 0 Å². The summed E-state index contributed by atoms with van der Waals surface area (Å²) in [4.78, 5) is 23.0. The van der Waals surface area contributed by atoms with E-state index in [-0.39, 0.29) is 17.7 Å². The number of aromatic carboxylic acids is 1. The van der Waals surface area contributed by atoms with E-state index in [0.29, 0.717) is 13.0 Å². The van der Waals surface area contributed by atoms with Crippen LogP contribution in [-0.2, 0) is 16.1 Å². The average molecular weight is 343 g/mol. The number of benzene rings is 1. The summed E-state index contributed by atoms with van der Waals surface area (Å²) in [6, 6.07) is 8.91. The molecule has 1 aromatic carbocycles. The van der Waals surface area contributed by atoms with Crippen LogP contribution in [-0.4, -0.2) is 39.5 Å². The van der Waals surface area contributed by atoms with Crippen molar-refractivity contribution in [2.45, 2.75) is 38.3 Å². The monoisotopic (exact) mass is 343 g/mol. The number of hydrogen-bond donors (Lipinski definition) is 2. The normalized spacial score (nSPS) is 17.2. The summed E-state index contributed by atoms with van der Waals surface area (Å²) in [6.07, 6.45) is 5.14. The first-order valence-electron chi connectivity index (χ1n) is 8.38. The minimum absolute atomic E-state index is 0.00816. The summed E-state index contributed by atoms with van der Waals surface area (Å²) in [5.74, 6) is -1.09. The maximum atomic E-state index is 12.0. The minimum Gasteiger partial charge on any atom is -0.476 e. The third-order valence-corrected chi connectivity index (χ3v) is 4.16. The summed E-state index contributed by atoms with van der Waals surface area (Å²) in [7, 11) is 0. The molecule has 7 nitrogen and oxygen atoms in total. The fourth-order valence-electron chi connectivity index (χ4n) is 2.84. The second-order valence-electron chi connectivity index (χ2n) is 6.09. The second kappa shape index (κ2) is 7.94. The van der Waals surface area contributed by atoms with Crippen LogP contribution in [0.2, 0.25) is 0 Å². The Morgan fingerprint density at radius 1 is 1.32 bits per heavy atom. The zero-order valence-corrected chi connectivity index (χ0v) is 13.9. The molecular formula is C18H21N3O4. The fourth-order valence-corrected chi connectivity index (χ4v) is 2.84. The molecule has 1 atom stereocenters. The highest BCUT2D eigenvalue weighted by molar-refractivity contribution is 5.85. The van der Waals surface area contributed by atoms with Crippen molar-refractivity contribution < 1.29 is 19.4 Å². The van der Waals surface area contributed by atoms with Gasteiger partial charge in [0.25, 0.3) is 0 Å². The van der Waals surface area contributed by atoms with Gasteiger partial charge < -0.3 is 15.2 Å². The van der Waals surface area contributed by atoms with Crippen LogP contribution in [0.25, 0.3) is 5.69 Å². The summed E-state index contributed by atoms with van der Waals surface area (Å²) in [5, 5.41) is 15.9. The Hall–Kier alpha value is -2.67. The van der Waals surface area contributed by atoms with E-state index in [0.717, 1.165) is 37.1 Å². The topological polar surface area (TPSA) is 93.5 Å². The Morgan fingerprint density at radius 2 is 2.20 bits per heavy atom. The van der Waals surface area contributed by atoms with E-state index >= 15 is 0 Å². The fraction of sp³-hybridized carbons (Fsp3) is 0.389. The molecule has 2 heterocycles. The number of nitrogens with one attached hydrogen (secondary N) is 1. The van der Waals surface area contributed by atoms with Gasteiger partial charge in [-0.3, -0.25) is 4.79 Å². The molecule has 2 N–H and O–H groups in total. The predicted molar refractivity (Wildman–Crippen MR) is 90.6 cm³/mol. The summed E-state index contributed by atoms with van der Waals surface area (Å²) < 4.78 is 7.08. The molecule has 1 aliphatic rings. The summed E-state index contributed by atoms with van der Waals surface area (Å²) in [5.41, 5.74) is 1.66. The Labute approximate surface area is 145 Å². The van der Waals surface area contributed by atoms with Gasteiger partial charge >= 0.3 is 5.97 Å². The van der Waals surface area contributed by atoms with E-state index in [1.807, 2.05) is 24.3 Å². The molecule has 1 unspecified atom stereocenters. The van der Waals surface area contributed by atoms with Gasteiger partial charge in [0.1, 0.15) is 0 Å². The highest BCUT2D eigenvalue weighted by Crippen LogP contribution is 2.15. The van der Waals surface area contributed by atoms with Crippen LogP contribution in [0.5, 0.6) is 0 Å². The van der Waals surface area contributed by atoms with E-state index in [1.165, 1.54) is 10.7 Å². The lowest BCUT2D eigenvalue weighted by Gasteiger charge is -2.21.